The van der Waals surface area contributed by atoms with E-state index < -0.39 is 12.1 Å². The normalized spacial score (nSPS) is 18.8. The van der Waals surface area contributed by atoms with E-state index in [1.165, 1.54) is 0 Å². The zero-order valence-electron chi connectivity index (χ0n) is 15.6. The molecule has 4 rings (SSSR count). The van der Waals surface area contributed by atoms with Crippen LogP contribution in [0.1, 0.15) is 5.69 Å². The van der Waals surface area contributed by atoms with Crippen LogP contribution in [0.3, 0.4) is 0 Å². The predicted octanol–water partition coefficient (Wildman–Crippen LogP) is 3.69. The summed E-state index contributed by atoms with van der Waals surface area (Å²) in [5.41, 5.74) is 9.57. The third-order valence-electron chi connectivity index (χ3n) is 4.80. The minimum Gasteiger partial charge on any atom is -0.317 e. The number of rotatable bonds is 4. The van der Waals surface area contributed by atoms with Crippen LogP contribution in [0.25, 0.3) is 11.8 Å². The number of aromatic nitrogens is 1. The summed E-state index contributed by atoms with van der Waals surface area (Å²) in [6, 6.07) is 27.5. The summed E-state index contributed by atoms with van der Waals surface area (Å²) in [6.07, 6.45) is 3.02. The average Bonchev–Trinajstić information content (AvgIpc) is 3.37. The first-order chi connectivity index (χ1) is 14.2. The molecule has 0 amide bonds. The van der Waals surface area contributed by atoms with E-state index in [9.17, 15) is 10.5 Å². The Hall–Kier alpha value is -4.13. The van der Waals surface area contributed by atoms with E-state index in [0.717, 1.165) is 17.1 Å². The molecule has 6 nitrogen and oxygen atoms in total. The van der Waals surface area contributed by atoms with Crippen LogP contribution in [0, 0.1) is 28.6 Å². The molecule has 0 saturated carbocycles. The summed E-state index contributed by atoms with van der Waals surface area (Å²) in [5, 5.41) is 25.7. The zero-order valence-corrected chi connectivity index (χ0v) is 15.6. The SMILES string of the molecule is N#C/C(=C/c1cccn1-c1ccccc1)C1=NN(c2ccccc2)[C@H](N)[C@H]1C#N. The number of nitrogens with two attached hydrogens (primary N) is 1. The molecular weight excluding hydrogens is 360 g/mol. The number of benzene rings is 2. The molecular formula is C23H18N6. The number of nitriles is 2. The van der Waals surface area contributed by atoms with Gasteiger partial charge in [-0.2, -0.15) is 15.6 Å². The highest BCUT2D eigenvalue weighted by Crippen LogP contribution is 2.29. The van der Waals surface area contributed by atoms with Gasteiger partial charge in [-0.25, -0.2) is 5.01 Å². The van der Waals surface area contributed by atoms with Crippen molar-refractivity contribution in [3.8, 4) is 17.8 Å². The highest BCUT2D eigenvalue weighted by Gasteiger charge is 2.37. The van der Waals surface area contributed by atoms with E-state index in [2.05, 4.69) is 17.2 Å². The van der Waals surface area contributed by atoms with Gasteiger partial charge in [-0.05, 0) is 42.5 Å². The standard InChI is InChI=1S/C23H18N6/c24-15-17(14-20-12-7-13-28(20)18-8-3-1-4-9-18)22-21(16-25)23(26)29(27-22)19-10-5-2-6-11-19/h1-14,21,23H,26H2/b17-14-/t21-,23-/m0/s1. The van der Waals surface area contributed by atoms with E-state index >= 15 is 0 Å². The van der Waals surface area contributed by atoms with Gasteiger partial charge in [-0.3, -0.25) is 0 Å². The summed E-state index contributed by atoms with van der Waals surface area (Å²) in [6.45, 7) is 0. The molecule has 2 aromatic carbocycles. The number of nitrogens with zero attached hydrogens (tertiary/aromatic N) is 5. The molecule has 29 heavy (non-hydrogen) atoms. The minimum atomic E-state index is -0.707. The summed E-state index contributed by atoms with van der Waals surface area (Å²) in [5.74, 6) is -0.707. The largest absolute Gasteiger partial charge is 0.317 e. The van der Waals surface area contributed by atoms with Crippen molar-refractivity contribution in [3.05, 3.63) is 90.3 Å². The van der Waals surface area contributed by atoms with Crippen molar-refractivity contribution in [2.45, 2.75) is 6.17 Å². The third-order valence-corrected chi connectivity index (χ3v) is 4.80. The highest BCUT2D eigenvalue weighted by atomic mass is 15.5. The summed E-state index contributed by atoms with van der Waals surface area (Å²) < 4.78 is 1.98. The fourth-order valence-electron chi connectivity index (χ4n) is 3.36. The molecule has 0 bridgehead atoms. The maximum Gasteiger partial charge on any atom is 0.127 e. The first kappa shape index (κ1) is 18.2. The molecule has 0 saturated heterocycles. The molecule has 0 unspecified atom stereocenters. The van der Waals surface area contributed by atoms with Gasteiger partial charge in [0.2, 0.25) is 0 Å². The van der Waals surface area contributed by atoms with Crippen molar-refractivity contribution in [2.24, 2.45) is 16.8 Å². The van der Waals surface area contributed by atoms with E-state index in [4.69, 9.17) is 5.73 Å². The minimum absolute atomic E-state index is 0.321. The van der Waals surface area contributed by atoms with Crippen LogP contribution in [0.4, 0.5) is 5.69 Å². The maximum atomic E-state index is 9.83. The van der Waals surface area contributed by atoms with Gasteiger partial charge in [-0.1, -0.05) is 36.4 Å². The fourth-order valence-corrected chi connectivity index (χ4v) is 3.36. The summed E-state index contributed by atoms with van der Waals surface area (Å²) >= 11 is 0. The van der Waals surface area contributed by atoms with Crippen molar-refractivity contribution in [1.29, 1.82) is 10.5 Å². The molecule has 2 N–H and O–H groups in total. The fraction of sp³-hybridized carbons (Fsp3) is 0.0870. The quantitative estimate of drug-likeness (QED) is 0.701. The first-order valence-electron chi connectivity index (χ1n) is 9.16. The molecule has 2 heterocycles. The van der Waals surface area contributed by atoms with Crippen LogP contribution >= 0.6 is 0 Å². The van der Waals surface area contributed by atoms with E-state index in [1.807, 2.05) is 83.6 Å². The van der Waals surface area contributed by atoms with E-state index in [0.29, 0.717) is 11.3 Å². The number of para-hydroxylation sites is 2. The molecule has 1 aromatic heterocycles. The van der Waals surface area contributed by atoms with Gasteiger partial charge < -0.3 is 10.3 Å². The Balaban J connectivity index is 1.76. The van der Waals surface area contributed by atoms with Crippen molar-refractivity contribution in [3.63, 3.8) is 0 Å². The molecule has 0 aliphatic carbocycles. The van der Waals surface area contributed by atoms with Crippen molar-refractivity contribution >= 4 is 17.5 Å². The van der Waals surface area contributed by atoms with Crippen LogP contribution in [-0.2, 0) is 0 Å². The van der Waals surface area contributed by atoms with Gasteiger partial charge in [-0.15, -0.1) is 0 Å². The van der Waals surface area contributed by atoms with E-state index in [1.54, 1.807) is 11.1 Å². The van der Waals surface area contributed by atoms with Gasteiger partial charge in [0, 0.05) is 17.6 Å². The maximum absolute atomic E-state index is 9.83. The van der Waals surface area contributed by atoms with Crippen molar-refractivity contribution in [1.82, 2.24) is 4.57 Å². The lowest BCUT2D eigenvalue weighted by molar-refractivity contribution is 0.624. The number of allylic oxidation sites excluding steroid dienone is 1. The van der Waals surface area contributed by atoms with Crippen LogP contribution in [0.2, 0.25) is 0 Å². The first-order valence-corrected chi connectivity index (χ1v) is 9.16. The molecule has 0 spiro atoms. The lowest BCUT2D eigenvalue weighted by Gasteiger charge is -2.21. The summed E-state index contributed by atoms with van der Waals surface area (Å²) in [4.78, 5) is 0. The average molecular weight is 378 g/mol. The highest BCUT2D eigenvalue weighted by molar-refractivity contribution is 6.11. The number of hydrazone groups is 1. The number of anilines is 1. The van der Waals surface area contributed by atoms with Gasteiger partial charge in [0.1, 0.15) is 18.2 Å². The molecule has 2 atom stereocenters. The Labute approximate surface area is 169 Å². The van der Waals surface area contributed by atoms with Crippen molar-refractivity contribution in [2.75, 3.05) is 5.01 Å². The third kappa shape index (κ3) is 3.41. The Morgan fingerprint density at radius 2 is 1.59 bits per heavy atom. The molecule has 0 fully saturated rings. The van der Waals surface area contributed by atoms with Gasteiger partial charge >= 0.3 is 0 Å². The van der Waals surface area contributed by atoms with Gasteiger partial charge in [0.25, 0.3) is 0 Å². The Morgan fingerprint density at radius 3 is 2.21 bits per heavy atom. The Kier molecular flexibility index (Phi) is 4.94. The molecule has 0 radical (unpaired) electrons. The smallest absolute Gasteiger partial charge is 0.127 e. The van der Waals surface area contributed by atoms with Crippen LogP contribution in [-0.4, -0.2) is 16.4 Å². The number of hydrogen-bond acceptors (Lipinski definition) is 5. The second-order valence-corrected chi connectivity index (χ2v) is 6.57. The monoisotopic (exact) mass is 378 g/mol. The van der Waals surface area contributed by atoms with Gasteiger partial charge in [0.05, 0.1) is 23.0 Å². The Bertz CT molecular complexity index is 1150. The zero-order chi connectivity index (χ0) is 20.2. The molecule has 6 heteroatoms. The molecule has 1 aliphatic heterocycles. The van der Waals surface area contributed by atoms with Crippen molar-refractivity contribution < 1.29 is 0 Å². The lowest BCUT2D eigenvalue weighted by Crippen LogP contribution is -2.40. The van der Waals surface area contributed by atoms with Crippen LogP contribution in [0.15, 0.2) is 89.7 Å². The van der Waals surface area contributed by atoms with Gasteiger partial charge in [0.15, 0.2) is 0 Å². The molecule has 1 aliphatic rings. The van der Waals surface area contributed by atoms with Crippen LogP contribution < -0.4 is 10.7 Å². The second kappa shape index (κ2) is 7.85. The summed E-state index contributed by atoms with van der Waals surface area (Å²) in [7, 11) is 0. The predicted molar refractivity (Wildman–Crippen MR) is 113 cm³/mol. The topological polar surface area (TPSA) is 94.1 Å². The Morgan fingerprint density at radius 1 is 0.931 bits per heavy atom. The lowest BCUT2D eigenvalue weighted by atomic mass is 9.96. The van der Waals surface area contributed by atoms with Crippen LogP contribution in [0.5, 0.6) is 0 Å². The van der Waals surface area contributed by atoms with E-state index in [-0.39, 0.29) is 0 Å². The molecule has 3 aromatic rings. The second-order valence-electron chi connectivity index (χ2n) is 6.57. The molecule has 140 valence electrons. The number of hydrogen-bond donors (Lipinski definition) is 1.